The van der Waals surface area contributed by atoms with Crippen LogP contribution in [0.5, 0.6) is 11.5 Å². The highest BCUT2D eigenvalue weighted by atomic mass is 16.7. The lowest BCUT2D eigenvalue weighted by Gasteiger charge is -2.27. The minimum absolute atomic E-state index is 0.0763. The van der Waals surface area contributed by atoms with Gasteiger partial charge in [0.15, 0.2) is 11.5 Å². The molecule has 0 bridgehead atoms. The summed E-state index contributed by atoms with van der Waals surface area (Å²) in [6, 6.07) is 9.20. The molecule has 1 aromatic heterocycles. The second-order valence-corrected chi connectivity index (χ2v) is 7.88. The molecule has 1 atom stereocenters. The van der Waals surface area contributed by atoms with E-state index in [1.807, 2.05) is 18.2 Å². The number of piperidine rings is 1. The number of nitrogens with one attached hydrogen (secondary N) is 1. The van der Waals surface area contributed by atoms with Gasteiger partial charge < -0.3 is 24.6 Å². The van der Waals surface area contributed by atoms with Crippen molar-refractivity contribution in [3.63, 3.8) is 0 Å². The SMILES string of the molecule is O=C(Nc1ccc(N2CCCCC2)nc1)[C@H]1CC(=O)N(c2ccc3c(c2)OCO3)C1. The molecule has 2 saturated heterocycles. The van der Waals surface area contributed by atoms with Gasteiger partial charge in [-0.05, 0) is 43.5 Å². The zero-order valence-corrected chi connectivity index (χ0v) is 16.7. The summed E-state index contributed by atoms with van der Waals surface area (Å²) in [6.45, 7) is 2.57. The van der Waals surface area contributed by atoms with Crippen LogP contribution >= 0.6 is 0 Å². The molecule has 30 heavy (non-hydrogen) atoms. The summed E-state index contributed by atoms with van der Waals surface area (Å²) in [5.41, 5.74) is 1.36. The number of amides is 2. The summed E-state index contributed by atoms with van der Waals surface area (Å²) >= 11 is 0. The molecule has 0 radical (unpaired) electrons. The molecule has 1 N–H and O–H groups in total. The Kier molecular flexibility index (Phi) is 4.90. The van der Waals surface area contributed by atoms with Crippen LogP contribution in [0.25, 0.3) is 0 Å². The van der Waals surface area contributed by atoms with E-state index in [4.69, 9.17) is 9.47 Å². The lowest BCUT2D eigenvalue weighted by atomic mass is 10.1. The van der Waals surface area contributed by atoms with Crippen LogP contribution in [0.3, 0.4) is 0 Å². The molecule has 8 nitrogen and oxygen atoms in total. The molecule has 0 spiro atoms. The maximum absolute atomic E-state index is 12.7. The lowest BCUT2D eigenvalue weighted by molar-refractivity contribution is -0.122. The first-order valence-corrected chi connectivity index (χ1v) is 10.4. The Labute approximate surface area is 174 Å². The number of anilines is 3. The van der Waals surface area contributed by atoms with Crippen LogP contribution in [-0.2, 0) is 9.59 Å². The van der Waals surface area contributed by atoms with Crippen LogP contribution in [0, 0.1) is 5.92 Å². The number of hydrogen-bond donors (Lipinski definition) is 1. The highest BCUT2D eigenvalue weighted by Crippen LogP contribution is 2.37. The van der Waals surface area contributed by atoms with Crippen molar-refractivity contribution in [1.82, 2.24) is 4.98 Å². The highest BCUT2D eigenvalue weighted by Gasteiger charge is 2.35. The molecule has 5 rings (SSSR count). The van der Waals surface area contributed by atoms with Crippen LogP contribution in [0.1, 0.15) is 25.7 Å². The van der Waals surface area contributed by atoms with E-state index in [1.54, 1.807) is 23.2 Å². The van der Waals surface area contributed by atoms with Crippen LogP contribution < -0.4 is 24.6 Å². The van der Waals surface area contributed by atoms with Gasteiger partial charge in [-0.2, -0.15) is 0 Å². The van der Waals surface area contributed by atoms with Crippen molar-refractivity contribution < 1.29 is 19.1 Å². The van der Waals surface area contributed by atoms with Crippen molar-refractivity contribution in [1.29, 1.82) is 0 Å². The Balaban J connectivity index is 1.22. The minimum atomic E-state index is -0.412. The first-order chi connectivity index (χ1) is 14.7. The number of hydrogen-bond acceptors (Lipinski definition) is 6. The maximum atomic E-state index is 12.7. The maximum Gasteiger partial charge on any atom is 0.231 e. The van der Waals surface area contributed by atoms with Crippen molar-refractivity contribution in [3.8, 4) is 11.5 Å². The monoisotopic (exact) mass is 408 g/mol. The van der Waals surface area contributed by atoms with E-state index in [9.17, 15) is 9.59 Å². The third-order valence-electron chi connectivity index (χ3n) is 5.86. The zero-order valence-electron chi connectivity index (χ0n) is 16.7. The number of rotatable bonds is 4. The standard InChI is InChI=1S/C22H24N4O4/c27-21-10-15(13-26(21)17-5-6-18-19(11-17)30-14-29-18)22(28)24-16-4-7-20(23-12-16)25-8-2-1-3-9-25/h4-7,11-12,15H,1-3,8-10,13-14H2,(H,24,28)/t15-/m0/s1. The average Bonchev–Trinajstić information content (AvgIpc) is 3.41. The molecule has 4 heterocycles. The predicted octanol–water partition coefficient (Wildman–Crippen LogP) is 2.79. The summed E-state index contributed by atoms with van der Waals surface area (Å²) in [6.07, 6.45) is 5.52. The number of pyridine rings is 1. The summed E-state index contributed by atoms with van der Waals surface area (Å²) in [4.78, 5) is 33.7. The van der Waals surface area contributed by atoms with E-state index in [0.717, 1.165) is 18.9 Å². The fraction of sp³-hybridized carbons (Fsp3) is 0.409. The van der Waals surface area contributed by atoms with E-state index in [-0.39, 0.29) is 25.0 Å². The van der Waals surface area contributed by atoms with Crippen LogP contribution in [0.2, 0.25) is 0 Å². The summed E-state index contributed by atoms with van der Waals surface area (Å²) in [7, 11) is 0. The van der Waals surface area contributed by atoms with Gasteiger partial charge in [-0.25, -0.2) is 4.98 Å². The first-order valence-electron chi connectivity index (χ1n) is 10.4. The van der Waals surface area contributed by atoms with Gasteiger partial charge in [-0.3, -0.25) is 9.59 Å². The molecule has 2 fully saturated rings. The quantitative estimate of drug-likeness (QED) is 0.838. The Morgan fingerprint density at radius 3 is 2.70 bits per heavy atom. The van der Waals surface area contributed by atoms with Gasteiger partial charge in [-0.15, -0.1) is 0 Å². The zero-order chi connectivity index (χ0) is 20.5. The van der Waals surface area contributed by atoms with Crippen molar-refractivity contribution in [3.05, 3.63) is 36.5 Å². The highest BCUT2D eigenvalue weighted by molar-refractivity contribution is 6.03. The number of nitrogens with zero attached hydrogens (tertiary/aromatic N) is 3. The lowest BCUT2D eigenvalue weighted by Crippen LogP contribution is -2.30. The largest absolute Gasteiger partial charge is 0.454 e. The summed E-state index contributed by atoms with van der Waals surface area (Å²) in [5.74, 6) is 1.57. The third kappa shape index (κ3) is 3.65. The van der Waals surface area contributed by atoms with E-state index < -0.39 is 5.92 Å². The van der Waals surface area contributed by atoms with Gasteiger partial charge in [0.25, 0.3) is 0 Å². The molecule has 156 valence electrons. The first kappa shape index (κ1) is 18.7. The minimum Gasteiger partial charge on any atom is -0.454 e. The second-order valence-electron chi connectivity index (χ2n) is 7.88. The molecule has 1 aromatic carbocycles. The van der Waals surface area contributed by atoms with Gasteiger partial charge in [-0.1, -0.05) is 0 Å². The molecule has 3 aliphatic rings. The molecule has 2 aromatic rings. The van der Waals surface area contributed by atoms with E-state index in [1.165, 1.54) is 19.3 Å². The molecular formula is C22H24N4O4. The number of benzene rings is 1. The van der Waals surface area contributed by atoms with Crippen molar-refractivity contribution >= 4 is 29.0 Å². The third-order valence-corrected chi connectivity index (χ3v) is 5.86. The van der Waals surface area contributed by atoms with Gasteiger partial charge in [0.05, 0.1) is 17.8 Å². The Hall–Kier alpha value is -3.29. The Morgan fingerprint density at radius 2 is 1.90 bits per heavy atom. The average molecular weight is 408 g/mol. The van der Waals surface area contributed by atoms with Gasteiger partial charge >= 0.3 is 0 Å². The topological polar surface area (TPSA) is 84.0 Å². The molecule has 0 saturated carbocycles. The Morgan fingerprint density at radius 1 is 1.07 bits per heavy atom. The molecule has 0 aliphatic carbocycles. The van der Waals surface area contributed by atoms with Gasteiger partial charge in [0, 0.05) is 37.8 Å². The molecule has 2 amide bonds. The number of aromatic nitrogens is 1. The summed E-state index contributed by atoms with van der Waals surface area (Å²) in [5, 5.41) is 2.90. The molecule has 8 heteroatoms. The van der Waals surface area contributed by atoms with Crippen LogP contribution in [-0.4, -0.2) is 43.2 Å². The van der Waals surface area contributed by atoms with Crippen molar-refractivity contribution in [2.75, 3.05) is 41.5 Å². The fourth-order valence-corrected chi connectivity index (χ4v) is 4.20. The Bertz CT molecular complexity index is 956. The van der Waals surface area contributed by atoms with Gasteiger partial charge in [0.1, 0.15) is 5.82 Å². The van der Waals surface area contributed by atoms with E-state index in [2.05, 4.69) is 15.2 Å². The predicted molar refractivity (Wildman–Crippen MR) is 112 cm³/mol. The normalized spacial score (nSPS) is 20.5. The van der Waals surface area contributed by atoms with Crippen LogP contribution in [0.4, 0.5) is 17.2 Å². The smallest absolute Gasteiger partial charge is 0.231 e. The number of fused-ring (bicyclic) bond motifs is 1. The molecule has 3 aliphatic heterocycles. The number of carbonyl (C=O) groups excluding carboxylic acids is 2. The molecule has 0 unspecified atom stereocenters. The fourth-order valence-electron chi connectivity index (χ4n) is 4.20. The van der Waals surface area contributed by atoms with E-state index in [0.29, 0.717) is 29.4 Å². The number of ether oxygens (including phenoxy) is 2. The van der Waals surface area contributed by atoms with Gasteiger partial charge in [0.2, 0.25) is 18.6 Å². The molecular weight excluding hydrogens is 384 g/mol. The number of carbonyl (C=O) groups is 2. The van der Waals surface area contributed by atoms with Crippen LogP contribution in [0.15, 0.2) is 36.5 Å². The van der Waals surface area contributed by atoms with Crippen molar-refractivity contribution in [2.24, 2.45) is 5.92 Å². The van der Waals surface area contributed by atoms with E-state index >= 15 is 0 Å². The summed E-state index contributed by atoms with van der Waals surface area (Å²) < 4.78 is 10.7. The second kappa shape index (κ2) is 7.85. The van der Waals surface area contributed by atoms with Crippen molar-refractivity contribution in [2.45, 2.75) is 25.7 Å².